The second-order valence-electron chi connectivity index (χ2n) is 9.78. The zero-order valence-electron chi connectivity index (χ0n) is 23.0. The van der Waals surface area contributed by atoms with Crippen LogP contribution in [0.4, 0.5) is 0 Å². The third kappa shape index (κ3) is 5.37. The van der Waals surface area contributed by atoms with E-state index >= 15 is 0 Å². The number of carboxylic acid groups (broad SMARTS) is 1. The van der Waals surface area contributed by atoms with E-state index in [0.717, 1.165) is 60.5 Å². The van der Waals surface area contributed by atoms with Crippen LogP contribution in [0.3, 0.4) is 0 Å². The molecule has 2 aromatic carbocycles. The molecule has 0 aliphatic carbocycles. The van der Waals surface area contributed by atoms with E-state index in [-0.39, 0.29) is 5.56 Å². The largest absolute Gasteiger partial charge is 0.493 e. The first-order chi connectivity index (χ1) is 19.0. The highest BCUT2D eigenvalue weighted by Crippen LogP contribution is 2.44. The second kappa shape index (κ2) is 11.7. The number of carbonyl (C=O) groups is 1. The van der Waals surface area contributed by atoms with Gasteiger partial charge < -0.3 is 14.6 Å². The van der Waals surface area contributed by atoms with Crippen LogP contribution >= 0.6 is 11.3 Å². The van der Waals surface area contributed by atoms with E-state index in [0.29, 0.717) is 23.7 Å². The number of thiophene rings is 1. The second-order valence-corrected chi connectivity index (χ2v) is 10.9. The normalized spacial score (nSPS) is 13.6. The molecular weight excluding hydrogens is 510 g/mol. The maximum Gasteiger partial charge on any atom is 0.338 e. The van der Waals surface area contributed by atoms with Crippen LogP contribution in [0.15, 0.2) is 48.5 Å². The first-order valence-corrected chi connectivity index (χ1v) is 14.2. The van der Waals surface area contributed by atoms with Gasteiger partial charge in [0.1, 0.15) is 4.83 Å². The van der Waals surface area contributed by atoms with Crippen LogP contribution in [0.25, 0.3) is 21.3 Å². The van der Waals surface area contributed by atoms with Crippen molar-refractivity contribution in [1.29, 1.82) is 0 Å². The molecule has 0 atom stereocenters. The molecule has 0 amide bonds. The lowest BCUT2D eigenvalue weighted by Gasteiger charge is -2.27. The zero-order valence-corrected chi connectivity index (χ0v) is 23.8. The Morgan fingerprint density at radius 1 is 1.08 bits per heavy atom. The molecule has 1 aliphatic heterocycles. The number of hydrogen-bond acceptors (Lipinski definition) is 7. The molecule has 0 unspecified atom stereocenters. The summed E-state index contributed by atoms with van der Waals surface area (Å²) in [5.74, 6) is 0.216. The molecule has 0 bridgehead atoms. The number of aromatic nitrogens is 1. The summed E-state index contributed by atoms with van der Waals surface area (Å²) in [5.41, 5.74) is 4.90. The van der Waals surface area contributed by atoms with Crippen LogP contribution in [0.2, 0.25) is 0 Å². The maximum absolute atomic E-state index is 12.9. The molecule has 0 radical (unpaired) electrons. The molecular formula is C31H35N3O4S. The molecule has 204 valence electrons. The molecule has 0 saturated carbocycles. The molecule has 8 heteroatoms. The lowest BCUT2D eigenvalue weighted by Crippen LogP contribution is -2.29. The average Bonchev–Trinajstić information content (AvgIpc) is 3.32. The van der Waals surface area contributed by atoms with Crippen molar-refractivity contribution in [1.82, 2.24) is 14.8 Å². The number of aromatic carboxylic acids is 1. The van der Waals surface area contributed by atoms with Crippen LogP contribution in [-0.2, 0) is 26.1 Å². The Hall–Kier alpha value is -3.46. The molecule has 5 rings (SSSR count). The van der Waals surface area contributed by atoms with Crippen LogP contribution in [0.5, 0.6) is 11.5 Å². The highest BCUT2D eigenvalue weighted by atomic mass is 32.1. The number of carboxylic acids is 1. The van der Waals surface area contributed by atoms with Crippen molar-refractivity contribution in [2.24, 2.45) is 0 Å². The summed E-state index contributed by atoms with van der Waals surface area (Å²) in [6, 6.07) is 16.2. The van der Waals surface area contributed by atoms with E-state index in [2.05, 4.69) is 47.9 Å². The monoisotopic (exact) mass is 545 g/mol. The molecule has 3 heterocycles. The molecule has 39 heavy (non-hydrogen) atoms. The average molecular weight is 546 g/mol. The van der Waals surface area contributed by atoms with Gasteiger partial charge in [-0.25, -0.2) is 9.78 Å². The summed E-state index contributed by atoms with van der Waals surface area (Å²) in [7, 11) is 3.20. The smallest absolute Gasteiger partial charge is 0.338 e. The van der Waals surface area contributed by atoms with Crippen molar-refractivity contribution in [3.8, 4) is 22.6 Å². The molecule has 7 nitrogen and oxygen atoms in total. The Balaban J connectivity index is 1.69. The predicted octanol–water partition coefficient (Wildman–Crippen LogP) is 6.08. The summed E-state index contributed by atoms with van der Waals surface area (Å²) in [6.45, 7) is 8.90. The summed E-state index contributed by atoms with van der Waals surface area (Å²) < 4.78 is 11.1. The summed E-state index contributed by atoms with van der Waals surface area (Å²) in [6.07, 6.45) is 0.846. The molecule has 1 aliphatic rings. The van der Waals surface area contributed by atoms with E-state index in [1.54, 1.807) is 25.6 Å². The summed E-state index contributed by atoms with van der Waals surface area (Å²) in [5, 5.41) is 11.5. The summed E-state index contributed by atoms with van der Waals surface area (Å²) in [4.78, 5) is 24.8. The number of fused-ring (bicyclic) bond motifs is 3. The lowest BCUT2D eigenvalue weighted by atomic mass is 9.91. The van der Waals surface area contributed by atoms with Crippen molar-refractivity contribution in [3.63, 3.8) is 0 Å². The number of methoxy groups -OCH3 is 2. The van der Waals surface area contributed by atoms with Crippen molar-refractivity contribution >= 4 is 27.5 Å². The van der Waals surface area contributed by atoms with E-state index < -0.39 is 5.97 Å². The SMILES string of the molecule is CCN(CC)Cc1nc2sc3c(c2c(-c2ccc(OC)c(OC)c2)c1C(=O)O)CCN(Cc1ccccc1)C3. The van der Waals surface area contributed by atoms with Gasteiger partial charge in [0, 0.05) is 42.0 Å². The van der Waals surface area contributed by atoms with Gasteiger partial charge in [-0.15, -0.1) is 11.3 Å². The van der Waals surface area contributed by atoms with Gasteiger partial charge in [-0.1, -0.05) is 50.2 Å². The minimum Gasteiger partial charge on any atom is -0.493 e. The van der Waals surface area contributed by atoms with Crippen molar-refractivity contribution in [2.45, 2.75) is 39.9 Å². The van der Waals surface area contributed by atoms with Gasteiger partial charge in [0.05, 0.1) is 25.5 Å². The number of pyridine rings is 1. The highest BCUT2D eigenvalue weighted by molar-refractivity contribution is 7.19. The fraction of sp³-hybridized carbons (Fsp3) is 0.355. The predicted molar refractivity (Wildman–Crippen MR) is 156 cm³/mol. The van der Waals surface area contributed by atoms with Gasteiger partial charge in [0.15, 0.2) is 11.5 Å². The summed E-state index contributed by atoms with van der Waals surface area (Å²) >= 11 is 1.70. The van der Waals surface area contributed by atoms with Gasteiger partial charge in [-0.3, -0.25) is 9.80 Å². The Kier molecular flexibility index (Phi) is 8.16. The topological polar surface area (TPSA) is 75.1 Å². The lowest BCUT2D eigenvalue weighted by molar-refractivity contribution is 0.0695. The van der Waals surface area contributed by atoms with Gasteiger partial charge in [0.25, 0.3) is 0 Å². The van der Waals surface area contributed by atoms with Crippen LogP contribution in [0.1, 0.15) is 45.9 Å². The minimum absolute atomic E-state index is 0.272. The maximum atomic E-state index is 12.9. The number of hydrogen-bond donors (Lipinski definition) is 1. The number of ether oxygens (including phenoxy) is 2. The van der Waals surface area contributed by atoms with Crippen molar-refractivity contribution in [3.05, 3.63) is 75.8 Å². The molecule has 0 spiro atoms. The molecule has 2 aromatic heterocycles. The van der Waals surface area contributed by atoms with Crippen molar-refractivity contribution < 1.29 is 19.4 Å². The fourth-order valence-corrected chi connectivity index (χ4v) is 6.78. The van der Waals surface area contributed by atoms with Gasteiger partial charge in [0.2, 0.25) is 0 Å². The van der Waals surface area contributed by atoms with Crippen LogP contribution < -0.4 is 9.47 Å². The third-order valence-corrected chi connectivity index (χ3v) is 8.66. The first-order valence-electron chi connectivity index (χ1n) is 13.4. The Morgan fingerprint density at radius 2 is 1.82 bits per heavy atom. The molecule has 4 aromatic rings. The van der Waals surface area contributed by atoms with E-state index in [1.165, 1.54) is 16.0 Å². The first kappa shape index (κ1) is 27.1. The minimum atomic E-state index is -0.960. The Morgan fingerprint density at radius 3 is 2.49 bits per heavy atom. The van der Waals surface area contributed by atoms with Gasteiger partial charge in [-0.2, -0.15) is 0 Å². The van der Waals surface area contributed by atoms with E-state index in [1.807, 2.05) is 24.3 Å². The van der Waals surface area contributed by atoms with E-state index in [4.69, 9.17) is 14.5 Å². The Bertz CT molecular complexity index is 1480. The van der Waals surface area contributed by atoms with Crippen LogP contribution in [0, 0.1) is 0 Å². The molecule has 0 saturated heterocycles. The molecule has 0 fully saturated rings. The quantitative estimate of drug-likeness (QED) is 0.259. The number of benzene rings is 2. The highest BCUT2D eigenvalue weighted by Gasteiger charge is 2.30. The fourth-order valence-electron chi connectivity index (χ4n) is 5.49. The standard InChI is InChI=1S/C31H35N3O4S/c1-5-33(6-2)18-23-29(31(35)36)27(21-12-13-24(37-3)25(16-21)38-4)28-22-14-15-34(17-20-10-8-7-9-11-20)19-26(22)39-30(28)32-23/h7-13,16H,5-6,14-15,17-19H2,1-4H3,(H,35,36). The Labute approximate surface area is 233 Å². The van der Waals surface area contributed by atoms with E-state index in [9.17, 15) is 9.90 Å². The number of rotatable bonds is 10. The van der Waals surface area contributed by atoms with Crippen LogP contribution in [-0.4, -0.2) is 59.7 Å². The van der Waals surface area contributed by atoms with Gasteiger partial charge >= 0.3 is 5.97 Å². The molecule has 1 N–H and O–H groups in total. The van der Waals surface area contributed by atoms with Crippen molar-refractivity contribution in [2.75, 3.05) is 33.9 Å². The zero-order chi connectivity index (χ0) is 27.5. The third-order valence-electron chi connectivity index (χ3n) is 7.55. The number of nitrogens with zero attached hydrogens (tertiary/aromatic N) is 3. The van der Waals surface area contributed by atoms with Gasteiger partial charge in [-0.05, 0) is 48.3 Å².